The monoisotopic (exact) mass is 384 g/mol. The summed E-state index contributed by atoms with van der Waals surface area (Å²) in [6, 6.07) is 10.1. The fourth-order valence-corrected chi connectivity index (χ4v) is 2.55. The van der Waals surface area contributed by atoms with Crippen molar-refractivity contribution in [1.82, 2.24) is 0 Å². The molecule has 0 aromatic heterocycles. The van der Waals surface area contributed by atoms with Crippen LogP contribution in [0.25, 0.3) is 0 Å². The van der Waals surface area contributed by atoms with Crippen LogP contribution in [0.15, 0.2) is 42.5 Å². The maximum atomic E-state index is 13.0. The van der Waals surface area contributed by atoms with Crippen molar-refractivity contribution in [3.63, 3.8) is 0 Å². The van der Waals surface area contributed by atoms with E-state index in [2.05, 4.69) is 5.32 Å². The number of nitrogens with zero attached hydrogens (tertiary/aromatic N) is 1. The van der Waals surface area contributed by atoms with Crippen LogP contribution in [-0.2, 0) is 15.8 Å². The number of rotatable bonds is 4. The first-order chi connectivity index (χ1) is 12.1. The summed E-state index contributed by atoms with van der Waals surface area (Å²) in [6.45, 7) is 2.54. The topological polar surface area (TPSA) is 49.4 Å². The molecule has 0 atom stereocenters. The predicted molar refractivity (Wildman–Crippen MR) is 94.3 cm³/mol. The number of nitrogens with one attached hydrogen (secondary N) is 1. The van der Waals surface area contributed by atoms with Crippen molar-refractivity contribution in [3.8, 4) is 0 Å². The third-order valence-electron chi connectivity index (χ3n) is 3.67. The summed E-state index contributed by atoms with van der Waals surface area (Å²) in [5.74, 6) is -1.10. The number of aryl methyl sites for hydroxylation is 1. The van der Waals surface area contributed by atoms with Gasteiger partial charge in [-0.3, -0.25) is 9.59 Å². The van der Waals surface area contributed by atoms with Crippen LogP contribution in [0.5, 0.6) is 0 Å². The Morgan fingerprint density at radius 3 is 2.38 bits per heavy atom. The molecular formula is C18H16ClF3N2O2. The lowest BCUT2D eigenvalue weighted by atomic mass is 10.1. The molecule has 0 spiro atoms. The molecule has 0 radical (unpaired) electrons. The summed E-state index contributed by atoms with van der Waals surface area (Å²) < 4.78 is 39.1. The fraction of sp³-hybridized carbons (Fsp3) is 0.222. The summed E-state index contributed by atoms with van der Waals surface area (Å²) in [5, 5.41) is 2.16. The Balaban J connectivity index is 2.26. The van der Waals surface area contributed by atoms with Gasteiger partial charge in [-0.05, 0) is 36.8 Å². The summed E-state index contributed by atoms with van der Waals surface area (Å²) in [6.07, 6.45) is -4.67. The second kappa shape index (κ2) is 7.78. The van der Waals surface area contributed by atoms with E-state index in [4.69, 9.17) is 11.6 Å². The second-order valence-corrected chi connectivity index (χ2v) is 6.04. The van der Waals surface area contributed by atoms with Crippen LogP contribution in [0.1, 0.15) is 18.1 Å². The molecule has 0 bridgehead atoms. The molecule has 138 valence electrons. The van der Waals surface area contributed by atoms with Crippen molar-refractivity contribution in [3.05, 3.63) is 58.6 Å². The number of carbonyl (C=O) groups is 2. The highest BCUT2D eigenvalue weighted by Gasteiger charge is 2.34. The Kier molecular flexibility index (Phi) is 5.92. The Hall–Kier alpha value is -2.54. The molecule has 1 N–H and O–H groups in total. The fourth-order valence-electron chi connectivity index (χ4n) is 2.33. The molecule has 26 heavy (non-hydrogen) atoms. The highest BCUT2D eigenvalue weighted by molar-refractivity contribution is 6.31. The molecule has 0 unspecified atom stereocenters. The van der Waals surface area contributed by atoms with Gasteiger partial charge in [-0.1, -0.05) is 29.8 Å². The van der Waals surface area contributed by atoms with Gasteiger partial charge in [0, 0.05) is 18.3 Å². The summed E-state index contributed by atoms with van der Waals surface area (Å²) in [4.78, 5) is 25.1. The lowest BCUT2D eigenvalue weighted by Crippen LogP contribution is -2.37. The van der Waals surface area contributed by atoms with E-state index in [1.807, 2.05) is 0 Å². The molecule has 0 aliphatic carbocycles. The van der Waals surface area contributed by atoms with E-state index < -0.39 is 35.1 Å². The minimum Gasteiger partial charge on any atom is -0.324 e. The lowest BCUT2D eigenvalue weighted by Gasteiger charge is -2.22. The van der Waals surface area contributed by atoms with Crippen LogP contribution in [-0.4, -0.2) is 18.4 Å². The van der Waals surface area contributed by atoms with Gasteiger partial charge >= 0.3 is 6.18 Å². The van der Waals surface area contributed by atoms with Gasteiger partial charge in [0.25, 0.3) is 0 Å². The number of hydrogen-bond donors (Lipinski definition) is 1. The maximum absolute atomic E-state index is 13.0. The third kappa shape index (κ3) is 4.76. The zero-order chi connectivity index (χ0) is 19.5. The quantitative estimate of drug-likeness (QED) is 0.833. The Bertz CT molecular complexity index is 837. The van der Waals surface area contributed by atoms with E-state index in [0.717, 1.165) is 22.6 Å². The zero-order valence-electron chi connectivity index (χ0n) is 14.0. The van der Waals surface area contributed by atoms with Gasteiger partial charge in [0.15, 0.2) is 0 Å². The summed E-state index contributed by atoms with van der Waals surface area (Å²) in [5.41, 5.74) is 0.255. The molecule has 0 saturated carbocycles. The maximum Gasteiger partial charge on any atom is 0.417 e. The van der Waals surface area contributed by atoms with Crippen LogP contribution >= 0.6 is 11.6 Å². The number of anilines is 2. The molecule has 8 heteroatoms. The van der Waals surface area contributed by atoms with E-state index >= 15 is 0 Å². The highest BCUT2D eigenvalue weighted by atomic mass is 35.5. The number of amides is 2. The number of carbonyl (C=O) groups excluding carboxylic acids is 2. The van der Waals surface area contributed by atoms with E-state index in [0.29, 0.717) is 5.69 Å². The van der Waals surface area contributed by atoms with Gasteiger partial charge < -0.3 is 10.2 Å². The predicted octanol–water partition coefficient (Wildman–Crippen LogP) is 4.66. The van der Waals surface area contributed by atoms with Gasteiger partial charge in [0.1, 0.15) is 6.54 Å². The van der Waals surface area contributed by atoms with E-state index in [1.165, 1.54) is 13.0 Å². The minimum atomic E-state index is -4.67. The van der Waals surface area contributed by atoms with Crippen molar-refractivity contribution in [2.75, 3.05) is 16.8 Å². The van der Waals surface area contributed by atoms with Crippen molar-refractivity contribution < 1.29 is 22.8 Å². The first-order valence-electron chi connectivity index (χ1n) is 7.60. The molecule has 0 aliphatic rings. The van der Waals surface area contributed by atoms with Crippen molar-refractivity contribution in [2.45, 2.75) is 20.0 Å². The molecule has 0 saturated heterocycles. The first-order valence-corrected chi connectivity index (χ1v) is 7.97. The molecule has 0 heterocycles. The molecular weight excluding hydrogens is 369 g/mol. The highest BCUT2D eigenvalue weighted by Crippen LogP contribution is 2.37. The van der Waals surface area contributed by atoms with Gasteiger partial charge in [-0.2, -0.15) is 13.2 Å². The normalized spacial score (nSPS) is 11.2. The molecule has 2 aromatic carbocycles. The number of halogens is 4. The number of para-hydroxylation sites is 1. The van der Waals surface area contributed by atoms with Crippen molar-refractivity contribution in [1.29, 1.82) is 0 Å². The van der Waals surface area contributed by atoms with Crippen LogP contribution in [0.2, 0.25) is 5.02 Å². The van der Waals surface area contributed by atoms with Crippen LogP contribution in [0.3, 0.4) is 0 Å². The van der Waals surface area contributed by atoms with E-state index in [-0.39, 0.29) is 5.69 Å². The Labute approximate surface area is 153 Å². The van der Waals surface area contributed by atoms with Gasteiger partial charge in [0.2, 0.25) is 11.8 Å². The zero-order valence-corrected chi connectivity index (χ0v) is 14.8. The van der Waals surface area contributed by atoms with Gasteiger partial charge in [0.05, 0.1) is 10.6 Å². The SMILES string of the molecule is CC(=O)N(CC(=O)Nc1ccccc1C)c1ccc(Cl)c(C(F)(F)F)c1. The molecule has 4 nitrogen and oxygen atoms in total. The number of hydrogen-bond acceptors (Lipinski definition) is 2. The van der Waals surface area contributed by atoms with Crippen molar-refractivity contribution >= 4 is 34.8 Å². The average Bonchev–Trinajstić information content (AvgIpc) is 2.54. The van der Waals surface area contributed by atoms with E-state index in [9.17, 15) is 22.8 Å². The van der Waals surface area contributed by atoms with Crippen molar-refractivity contribution in [2.24, 2.45) is 0 Å². The molecule has 0 aliphatic heterocycles. The van der Waals surface area contributed by atoms with Crippen LogP contribution in [0.4, 0.5) is 24.5 Å². The second-order valence-electron chi connectivity index (χ2n) is 5.63. The van der Waals surface area contributed by atoms with Gasteiger partial charge in [-0.25, -0.2) is 0 Å². The smallest absolute Gasteiger partial charge is 0.324 e. The molecule has 2 amide bonds. The molecule has 2 aromatic rings. The standard InChI is InChI=1S/C18H16ClF3N2O2/c1-11-5-3-4-6-16(11)23-17(26)10-24(12(2)25)13-7-8-15(19)14(9-13)18(20,21)22/h3-9H,10H2,1-2H3,(H,23,26). The minimum absolute atomic E-state index is 0.0610. The average molecular weight is 385 g/mol. The van der Waals surface area contributed by atoms with Gasteiger partial charge in [-0.15, -0.1) is 0 Å². The first kappa shape index (κ1) is 19.8. The summed E-state index contributed by atoms with van der Waals surface area (Å²) in [7, 11) is 0. The van der Waals surface area contributed by atoms with E-state index in [1.54, 1.807) is 31.2 Å². The molecule has 2 rings (SSSR count). The van der Waals surface area contributed by atoms with Crippen LogP contribution in [0, 0.1) is 6.92 Å². The largest absolute Gasteiger partial charge is 0.417 e. The lowest BCUT2D eigenvalue weighted by molar-refractivity contribution is -0.137. The third-order valence-corrected chi connectivity index (χ3v) is 4.00. The molecule has 0 fully saturated rings. The Morgan fingerprint density at radius 1 is 1.15 bits per heavy atom. The summed E-state index contributed by atoms with van der Waals surface area (Å²) >= 11 is 5.59. The number of benzene rings is 2. The van der Waals surface area contributed by atoms with Crippen LogP contribution < -0.4 is 10.2 Å². The number of alkyl halides is 3. The Morgan fingerprint density at radius 2 is 1.81 bits per heavy atom.